The third-order valence-electron chi connectivity index (χ3n) is 6.67. The minimum atomic E-state index is -0.833. The summed E-state index contributed by atoms with van der Waals surface area (Å²) in [6.07, 6.45) is 6.98. The van der Waals surface area contributed by atoms with Crippen LogP contribution in [0.5, 0.6) is 0 Å². The van der Waals surface area contributed by atoms with E-state index in [0.29, 0.717) is 25.7 Å². The molecule has 0 aromatic carbocycles. The first-order chi connectivity index (χ1) is 13.3. The first kappa shape index (κ1) is 20.3. The van der Waals surface area contributed by atoms with Crippen molar-refractivity contribution < 1.29 is 33.4 Å². The van der Waals surface area contributed by atoms with E-state index >= 15 is 0 Å². The highest BCUT2D eigenvalue weighted by Gasteiger charge is 2.58. The zero-order chi connectivity index (χ0) is 20.5. The Bertz CT molecular complexity index is 749. The number of furan rings is 1. The maximum atomic E-state index is 12.8. The number of rotatable bonds is 2. The Morgan fingerprint density at radius 3 is 2.64 bits per heavy atom. The fraction of sp³-hybridized carbons (Fsp3) is 0.619. The Balaban J connectivity index is 0.000000516. The molecular formula is C21H26O7. The molecule has 0 spiro atoms. The molecule has 1 aliphatic heterocycles. The van der Waals surface area contributed by atoms with Crippen LogP contribution in [0.1, 0.15) is 57.6 Å². The molecule has 4 rings (SSSR count). The SMILES string of the molecule is CC(=O)O.CC12CCC3C(=O)OC(c4ccoc4)CC3C1C(=O)CC[C@H]2C=O. The first-order valence-electron chi connectivity index (χ1n) is 9.68. The average molecular weight is 390 g/mol. The van der Waals surface area contributed by atoms with Crippen LogP contribution in [-0.2, 0) is 23.9 Å². The summed E-state index contributed by atoms with van der Waals surface area (Å²) in [5.74, 6) is -1.40. The van der Waals surface area contributed by atoms with Gasteiger partial charge in [-0.15, -0.1) is 0 Å². The number of ether oxygens (including phenoxy) is 1. The van der Waals surface area contributed by atoms with Crippen LogP contribution in [0.25, 0.3) is 0 Å². The van der Waals surface area contributed by atoms with Crippen LogP contribution >= 0.6 is 0 Å². The van der Waals surface area contributed by atoms with Gasteiger partial charge >= 0.3 is 5.97 Å². The van der Waals surface area contributed by atoms with E-state index in [1.165, 1.54) is 0 Å². The first-order valence-corrected chi connectivity index (χ1v) is 9.68. The number of carbonyl (C=O) groups is 4. The summed E-state index contributed by atoms with van der Waals surface area (Å²) in [4.78, 5) is 45.9. The molecule has 1 saturated heterocycles. The van der Waals surface area contributed by atoms with Crippen LogP contribution in [0.4, 0.5) is 0 Å². The van der Waals surface area contributed by atoms with Crippen LogP contribution in [0, 0.1) is 29.1 Å². The third-order valence-corrected chi connectivity index (χ3v) is 6.67. The molecule has 0 amide bonds. The minimum absolute atomic E-state index is 0.0415. The molecule has 152 valence electrons. The molecule has 1 N–H and O–H groups in total. The molecule has 5 unspecified atom stereocenters. The van der Waals surface area contributed by atoms with Crippen molar-refractivity contribution in [3.8, 4) is 0 Å². The van der Waals surface area contributed by atoms with Crippen LogP contribution in [0.2, 0.25) is 0 Å². The largest absolute Gasteiger partial charge is 0.481 e. The van der Waals surface area contributed by atoms with Gasteiger partial charge in [0.2, 0.25) is 0 Å². The molecular weight excluding hydrogens is 364 g/mol. The second kappa shape index (κ2) is 7.89. The minimum Gasteiger partial charge on any atom is -0.481 e. The molecule has 0 radical (unpaired) electrons. The highest BCUT2D eigenvalue weighted by molar-refractivity contribution is 5.86. The van der Waals surface area contributed by atoms with Gasteiger partial charge in [0.1, 0.15) is 18.2 Å². The van der Waals surface area contributed by atoms with E-state index in [1.807, 2.05) is 0 Å². The molecule has 7 heteroatoms. The van der Waals surface area contributed by atoms with Gasteiger partial charge in [-0.25, -0.2) is 0 Å². The number of aliphatic carboxylic acids is 1. The number of carbonyl (C=O) groups excluding carboxylic acids is 3. The zero-order valence-corrected chi connectivity index (χ0v) is 16.1. The van der Waals surface area contributed by atoms with Gasteiger partial charge in [0.25, 0.3) is 5.97 Å². The molecule has 6 atom stereocenters. The number of carboxylic acid groups (broad SMARTS) is 1. The van der Waals surface area contributed by atoms with Crippen LogP contribution in [-0.4, -0.2) is 29.1 Å². The van der Waals surface area contributed by atoms with Crippen molar-refractivity contribution in [3.63, 3.8) is 0 Å². The van der Waals surface area contributed by atoms with E-state index < -0.39 is 5.97 Å². The summed E-state index contributed by atoms with van der Waals surface area (Å²) in [6, 6.07) is 1.80. The number of hydrogen-bond acceptors (Lipinski definition) is 6. The van der Waals surface area contributed by atoms with E-state index in [4.69, 9.17) is 19.1 Å². The number of cyclic esters (lactones) is 1. The van der Waals surface area contributed by atoms with Crippen molar-refractivity contribution in [2.75, 3.05) is 0 Å². The van der Waals surface area contributed by atoms with Crippen molar-refractivity contribution in [1.29, 1.82) is 0 Å². The van der Waals surface area contributed by atoms with Crippen LogP contribution < -0.4 is 0 Å². The number of Topliss-reactive ketones (excluding diaryl/α,β-unsaturated/α-hetero) is 1. The van der Waals surface area contributed by atoms with Crippen molar-refractivity contribution in [3.05, 3.63) is 24.2 Å². The van der Waals surface area contributed by atoms with Gasteiger partial charge in [0, 0.05) is 30.7 Å². The molecule has 2 saturated carbocycles. The molecule has 1 aromatic rings. The number of fused-ring (bicyclic) bond motifs is 3. The standard InChI is InChI=1S/C19H22O5.C2H4O2/c1-19-6-4-13-14(17(19)15(21)3-2-12(19)9-20)8-16(24-18(13)22)11-5-7-23-10-11;1-2(3)4/h5,7,9-10,12-14,16-17H,2-4,6,8H2,1H3;1H3,(H,3,4)/t12-,13?,14?,16?,17?,19?;/m0./s1. The molecule has 7 nitrogen and oxygen atoms in total. The maximum absolute atomic E-state index is 12.8. The lowest BCUT2D eigenvalue weighted by molar-refractivity contribution is -0.181. The Kier molecular flexibility index (Phi) is 5.72. The zero-order valence-electron chi connectivity index (χ0n) is 16.1. The molecule has 0 bridgehead atoms. The number of carboxylic acids is 1. The number of ketones is 1. The maximum Gasteiger partial charge on any atom is 0.309 e. The van der Waals surface area contributed by atoms with E-state index in [1.54, 1.807) is 18.6 Å². The van der Waals surface area contributed by atoms with Gasteiger partial charge in [-0.3, -0.25) is 14.4 Å². The smallest absolute Gasteiger partial charge is 0.309 e. The highest BCUT2D eigenvalue weighted by Crippen LogP contribution is 2.58. The van der Waals surface area contributed by atoms with Gasteiger partial charge in [-0.2, -0.15) is 0 Å². The Labute approximate surface area is 163 Å². The van der Waals surface area contributed by atoms with Gasteiger partial charge in [0.05, 0.1) is 18.4 Å². The van der Waals surface area contributed by atoms with E-state index in [2.05, 4.69) is 6.92 Å². The fourth-order valence-electron chi connectivity index (χ4n) is 5.36. The molecule has 1 aromatic heterocycles. The second-order valence-electron chi connectivity index (χ2n) is 8.28. The normalized spacial score (nSPS) is 36.9. The van der Waals surface area contributed by atoms with Gasteiger partial charge in [-0.05, 0) is 43.1 Å². The van der Waals surface area contributed by atoms with E-state index in [0.717, 1.165) is 25.2 Å². The fourth-order valence-corrected chi connectivity index (χ4v) is 5.36. The lowest BCUT2D eigenvalue weighted by atomic mass is 9.49. The average Bonchev–Trinajstić information content (AvgIpc) is 3.15. The summed E-state index contributed by atoms with van der Waals surface area (Å²) in [5, 5.41) is 7.42. The molecule has 3 aliphatic rings. The van der Waals surface area contributed by atoms with Crippen molar-refractivity contribution in [1.82, 2.24) is 0 Å². The molecule has 28 heavy (non-hydrogen) atoms. The highest BCUT2D eigenvalue weighted by atomic mass is 16.5. The lowest BCUT2D eigenvalue weighted by Gasteiger charge is -2.54. The number of hydrogen-bond donors (Lipinski definition) is 1. The molecule has 2 aliphatic carbocycles. The molecule has 3 fully saturated rings. The lowest BCUT2D eigenvalue weighted by Crippen LogP contribution is -2.55. The van der Waals surface area contributed by atoms with Crippen molar-refractivity contribution in [2.45, 2.75) is 52.1 Å². The Hall–Kier alpha value is -2.44. The monoisotopic (exact) mass is 390 g/mol. The van der Waals surface area contributed by atoms with Gasteiger partial charge in [-0.1, -0.05) is 6.92 Å². The Morgan fingerprint density at radius 1 is 1.32 bits per heavy atom. The third kappa shape index (κ3) is 3.62. The quantitative estimate of drug-likeness (QED) is 0.610. The summed E-state index contributed by atoms with van der Waals surface area (Å²) >= 11 is 0. The predicted molar refractivity (Wildman–Crippen MR) is 97.1 cm³/mol. The molecule has 2 heterocycles. The summed E-state index contributed by atoms with van der Waals surface area (Å²) < 4.78 is 10.7. The summed E-state index contributed by atoms with van der Waals surface area (Å²) in [5.41, 5.74) is 0.515. The van der Waals surface area contributed by atoms with Crippen LogP contribution in [0.15, 0.2) is 23.0 Å². The van der Waals surface area contributed by atoms with Gasteiger partial charge in [0.15, 0.2) is 0 Å². The topological polar surface area (TPSA) is 111 Å². The van der Waals surface area contributed by atoms with Crippen molar-refractivity contribution in [2.24, 2.45) is 29.1 Å². The Morgan fingerprint density at radius 2 is 2.04 bits per heavy atom. The van der Waals surface area contributed by atoms with Crippen LogP contribution in [0.3, 0.4) is 0 Å². The second-order valence-corrected chi connectivity index (χ2v) is 8.28. The van der Waals surface area contributed by atoms with Gasteiger partial charge < -0.3 is 19.1 Å². The van der Waals surface area contributed by atoms with Crippen molar-refractivity contribution >= 4 is 24.0 Å². The van der Waals surface area contributed by atoms with E-state index in [-0.39, 0.29) is 46.9 Å². The summed E-state index contributed by atoms with van der Waals surface area (Å²) in [6.45, 7) is 3.15. The number of aldehydes is 1. The predicted octanol–water partition coefficient (Wildman–Crippen LogP) is 3.19. The number of esters is 1. The van der Waals surface area contributed by atoms with E-state index in [9.17, 15) is 14.4 Å². The summed E-state index contributed by atoms with van der Waals surface area (Å²) in [7, 11) is 0.